The molecule has 0 bridgehead atoms. The lowest BCUT2D eigenvalue weighted by Crippen LogP contribution is -2.54. The fourth-order valence-corrected chi connectivity index (χ4v) is 7.18. The van der Waals surface area contributed by atoms with Crippen molar-refractivity contribution in [1.29, 1.82) is 0 Å². The molecule has 3 heterocycles. The highest BCUT2D eigenvalue weighted by Crippen LogP contribution is 2.41. The molecule has 1 aromatic heterocycles. The second-order valence-corrected chi connectivity index (χ2v) is 13.4. The minimum atomic E-state index is -4.47. The van der Waals surface area contributed by atoms with E-state index in [1.54, 1.807) is 12.1 Å². The fraction of sp³-hybridized carbons (Fsp3) is 0.447. The monoisotopic (exact) mass is 645 g/mol. The van der Waals surface area contributed by atoms with Crippen molar-refractivity contribution in [1.82, 2.24) is 19.7 Å². The molecule has 0 radical (unpaired) electrons. The van der Waals surface area contributed by atoms with Gasteiger partial charge in [-0.25, -0.2) is 0 Å². The maximum Gasteiger partial charge on any atom is 0.417 e. The molecule has 6 nitrogen and oxygen atoms in total. The molecule has 3 aromatic carbocycles. The van der Waals surface area contributed by atoms with Crippen molar-refractivity contribution in [3.63, 3.8) is 0 Å². The standard InChI is InChI=1S/C38H46F3N5O/c1-28-12-14-29(15-13-28)25-44-21-23-45(24-22-44)26-30-7-6-10-34-36(30)32(31-8-2-3-9-33(31)38(39,40)41)27-46(34)20-5-4-11-35(47)37(42)16-18-43-19-17-37/h2-3,6-10,12-15,27,43H,4-5,11,16-26,42H2,1H3. The molecular formula is C38H46F3N5O. The van der Waals surface area contributed by atoms with Gasteiger partial charge >= 0.3 is 6.18 Å². The zero-order valence-corrected chi connectivity index (χ0v) is 27.3. The fourth-order valence-electron chi connectivity index (χ4n) is 7.18. The molecule has 2 saturated heterocycles. The molecule has 0 spiro atoms. The normalized spacial score (nSPS) is 17.7. The molecule has 0 amide bonds. The lowest BCUT2D eigenvalue weighted by atomic mass is 9.83. The summed E-state index contributed by atoms with van der Waals surface area (Å²) in [7, 11) is 0. The van der Waals surface area contributed by atoms with E-state index < -0.39 is 17.3 Å². The first-order valence-corrected chi connectivity index (χ1v) is 16.9. The number of ketones is 1. The number of aryl methyl sites for hydroxylation is 2. The van der Waals surface area contributed by atoms with Gasteiger partial charge in [-0.3, -0.25) is 14.6 Å². The van der Waals surface area contributed by atoms with Crippen molar-refractivity contribution in [2.75, 3.05) is 39.3 Å². The SMILES string of the molecule is Cc1ccc(CN2CCN(Cc3cccc4c3c(-c3ccccc3C(F)(F)F)cn4CCCCC(=O)C3(N)CCNCC3)CC2)cc1. The Morgan fingerprint density at radius 2 is 1.53 bits per heavy atom. The van der Waals surface area contributed by atoms with E-state index in [9.17, 15) is 18.0 Å². The zero-order chi connectivity index (χ0) is 33.0. The predicted molar refractivity (Wildman–Crippen MR) is 182 cm³/mol. The molecule has 2 aliphatic heterocycles. The quantitative estimate of drug-likeness (QED) is 0.176. The number of hydrogen-bond acceptors (Lipinski definition) is 5. The van der Waals surface area contributed by atoms with Crippen LogP contribution in [-0.2, 0) is 30.6 Å². The van der Waals surface area contributed by atoms with Gasteiger partial charge in [0.2, 0.25) is 0 Å². The molecule has 2 aliphatic rings. The van der Waals surface area contributed by atoms with Crippen molar-refractivity contribution in [3.8, 4) is 11.1 Å². The number of unbranched alkanes of at least 4 members (excludes halogenated alkanes) is 1. The van der Waals surface area contributed by atoms with E-state index in [0.29, 0.717) is 44.3 Å². The average molecular weight is 646 g/mol. The number of benzene rings is 3. The summed E-state index contributed by atoms with van der Waals surface area (Å²) in [5, 5.41) is 4.13. The number of piperazine rings is 1. The van der Waals surface area contributed by atoms with E-state index in [4.69, 9.17) is 5.73 Å². The smallest absolute Gasteiger partial charge is 0.347 e. The van der Waals surface area contributed by atoms with Gasteiger partial charge in [-0.2, -0.15) is 13.2 Å². The lowest BCUT2D eigenvalue weighted by Gasteiger charge is -2.35. The van der Waals surface area contributed by atoms with Crippen LogP contribution in [0.15, 0.2) is 72.9 Å². The average Bonchev–Trinajstić information content (AvgIpc) is 3.44. The van der Waals surface area contributed by atoms with Gasteiger partial charge < -0.3 is 15.6 Å². The third-order valence-corrected chi connectivity index (χ3v) is 10.0. The number of hydrogen-bond donors (Lipinski definition) is 2. The van der Waals surface area contributed by atoms with Gasteiger partial charge in [0.25, 0.3) is 0 Å². The number of halogens is 3. The van der Waals surface area contributed by atoms with Gasteiger partial charge in [0.15, 0.2) is 5.78 Å². The Bertz CT molecular complexity index is 1670. The Morgan fingerprint density at radius 1 is 0.851 bits per heavy atom. The van der Waals surface area contributed by atoms with Crippen molar-refractivity contribution in [2.24, 2.45) is 5.73 Å². The molecular weight excluding hydrogens is 599 g/mol. The summed E-state index contributed by atoms with van der Waals surface area (Å²) in [5.74, 6) is 0.109. The van der Waals surface area contributed by atoms with Crippen molar-refractivity contribution in [2.45, 2.75) is 70.4 Å². The predicted octanol–water partition coefficient (Wildman–Crippen LogP) is 6.77. The first kappa shape index (κ1) is 33.4. The number of alkyl halides is 3. The molecule has 3 N–H and O–H groups in total. The van der Waals surface area contributed by atoms with Crippen LogP contribution in [0.4, 0.5) is 13.2 Å². The van der Waals surface area contributed by atoms with Crippen LogP contribution in [0, 0.1) is 6.92 Å². The van der Waals surface area contributed by atoms with Gasteiger partial charge in [0, 0.05) is 74.9 Å². The summed E-state index contributed by atoms with van der Waals surface area (Å²) in [5.41, 5.74) is 10.4. The summed E-state index contributed by atoms with van der Waals surface area (Å²) in [6, 6.07) is 20.6. The highest BCUT2D eigenvalue weighted by atomic mass is 19.4. The second kappa shape index (κ2) is 14.3. The molecule has 0 saturated carbocycles. The van der Waals surface area contributed by atoms with Gasteiger partial charge in [-0.05, 0) is 74.5 Å². The third-order valence-electron chi connectivity index (χ3n) is 10.0. The molecule has 0 atom stereocenters. The Labute approximate surface area is 275 Å². The number of piperidine rings is 1. The zero-order valence-electron chi connectivity index (χ0n) is 27.3. The van der Waals surface area contributed by atoms with Crippen LogP contribution in [0.25, 0.3) is 22.0 Å². The summed E-state index contributed by atoms with van der Waals surface area (Å²) < 4.78 is 44.9. The van der Waals surface area contributed by atoms with Crippen molar-refractivity contribution in [3.05, 3.63) is 95.2 Å². The molecule has 4 aromatic rings. The summed E-state index contributed by atoms with van der Waals surface area (Å²) in [6.07, 6.45) is 0.559. The number of nitrogens with zero attached hydrogens (tertiary/aromatic N) is 3. The number of carbonyl (C=O) groups is 1. The molecule has 9 heteroatoms. The molecule has 0 aliphatic carbocycles. The van der Waals surface area contributed by atoms with E-state index in [2.05, 4.69) is 56.9 Å². The van der Waals surface area contributed by atoms with E-state index in [0.717, 1.165) is 68.7 Å². The minimum absolute atomic E-state index is 0.109. The summed E-state index contributed by atoms with van der Waals surface area (Å²) in [6.45, 7) is 9.47. The highest BCUT2D eigenvalue weighted by Gasteiger charge is 2.35. The van der Waals surface area contributed by atoms with Crippen LogP contribution >= 0.6 is 0 Å². The largest absolute Gasteiger partial charge is 0.417 e. The van der Waals surface area contributed by atoms with Crippen LogP contribution < -0.4 is 11.1 Å². The second-order valence-electron chi connectivity index (χ2n) is 13.4. The van der Waals surface area contributed by atoms with Crippen LogP contribution in [-0.4, -0.2) is 65.0 Å². The van der Waals surface area contributed by atoms with E-state index in [1.165, 1.54) is 23.3 Å². The van der Waals surface area contributed by atoms with Gasteiger partial charge in [-0.15, -0.1) is 0 Å². The first-order chi connectivity index (χ1) is 22.6. The van der Waals surface area contributed by atoms with Crippen molar-refractivity contribution >= 4 is 16.7 Å². The topological polar surface area (TPSA) is 66.5 Å². The van der Waals surface area contributed by atoms with E-state index in [-0.39, 0.29) is 11.3 Å². The summed E-state index contributed by atoms with van der Waals surface area (Å²) >= 11 is 0. The van der Waals surface area contributed by atoms with Gasteiger partial charge in [0.1, 0.15) is 0 Å². The molecule has 250 valence electrons. The number of fused-ring (bicyclic) bond motifs is 1. The number of Topliss-reactive ketones (excluding diaryl/α,β-unsaturated/α-hetero) is 1. The maximum absolute atomic E-state index is 14.3. The highest BCUT2D eigenvalue weighted by molar-refractivity contribution is 5.99. The number of nitrogens with one attached hydrogen (secondary N) is 1. The number of carbonyl (C=O) groups excluding carboxylic acids is 1. The van der Waals surface area contributed by atoms with E-state index >= 15 is 0 Å². The third kappa shape index (κ3) is 7.81. The van der Waals surface area contributed by atoms with Crippen LogP contribution in [0.2, 0.25) is 0 Å². The first-order valence-electron chi connectivity index (χ1n) is 16.9. The minimum Gasteiger partial charge on any atom is -0.347 e. The van der Waals surface area contributed by atoms with Crippen LogP contribution in [0.1, 0.15) is 54.4 Å². The van der Waals surface area contributed by atoms with Gasteiger partial charge in [0.05, 0.1) is 11.1 Å². The molecule has 6 rings (SSSR count). The lowest BCUT2D eigenvalue weighted by molar-refractivity contribution is -0.137. The van der Waals surface area contributed by atoms with E-state index in [1.807, 2.05) is 18.3 Å². The Kier molecular flexibility index (Phi) is 10.2. The summed E-state index contributed by atoms with van der Waals surface area (Å²) in [4.78, 5) is 17.8. The number of nitrogens with two attached hydrogens (primary N) is 1. The van der Waals surface area contributed by atoms with Crippen molar-refractivity contribution < 1.29 is 18.0 Å². The number of aromatic nitrogens is 1. The van der Waals surface area contributed by atoms with Crippen LogP contribution in [0.5, 0.6) is 0 Å². The molecule has 0 unspecified atom stereocenters. The Hall–Kier alpha value is -3.50. The Balaban J connectivity index is 1.21. The molecule has 47 heavy (non-hydrogen) atoms. The van der Waals surface area contributed by atoms with Gasteiger partial charge in [-0.1, -0.05) is 60.2 Å². The molecule has 2 fully saturated rings. The number of rotatable bonds is 11. The Morgan fingerprint density at radius 3 is 2.23 bits per heavy atom. The maximum atomic E-state index is 14.3. The van der Waals surface area contributed by atoms with Crippen LogP contribution in [0.3, 0.4) is 0 Å².